The number of esters is 1. The molecule has 0 aromatic rings. The molecule has 34 heavy (non-hydrogen) atoms. The average Bonchev–Trinajstić information content (AvgIpc) is 3.11. The molecular formula is C32H56O2. The fraction of sp³-hybridized carbons (Fsp3) is 0.969. The highest BCUT2D eigenvalue weighted by atomic mass is 16.5. The fourth-order valence-electron chi connectivity index (χ4n) is 10.4. The number of carbonyl (C=O) groups is 1. The third kappa shape index (κ3) is 4.63. The standard InChI is InChI=1S/C32H56O2/c1-9-24(20(2)3)11-10-22(5)26-12-13-27-30-28(15-17-32(26,27)8)31(7)16-14-21(4)18-25(31)19-29(30)34-23(6)33/h20-22,24-30H,9-19H2,1-8H3/t21-,22+,24+,25-,26+,27?,28?,29?,30-,31-,32+/m0/s1. The van der Waals surface area contributed by atoms with Gasteiger partial charge in [-0.25, -0.2) is 0 Å². The number of fused-ring (bicyclic) bond motifs is 5. The van der Waals surface area contributed by atoms with E-state index in [0.717, 1.165) is 53.8 Å². The Labute approximate surface area is 211 Å². The molecule has 0 bridgehead atoms. The lowest BCUT2D eigenvalue weighted by molar-refractivity contribution is -0.191. The maximum Gasteiger partial charge on any atom is 0.302 e. The van der Waals surface area contributed by atoms with Crippen molar-refractivity contribution >= 4 is 5.97 Å². The minimum Gasteiger partial charge on any atom is -0.462 e. The van der Waals surface area contributed by atoms with Gasteiger partial charge < -0.3 is 4.74 Å². The van der Waals surface area contributed by atoms with Crippen LogP contribution in [-0.4, -0.2) is 12.1 Å². The molecule has 0 saturated heterocycles. The van der Waals surface area contributed by atoms with Crippen LogP contribution in [0.25, 0.3) is 0 Å². The van der Waals surface area contributed by atoms with Crippen molar-refractivity contribution in [2.24, 2.45) is 64.1 Å². The highest BCUT2D eigenvalue weighted by Crippen LogP contribution is 2.69. The normalized spacial score (nSPS) is 45.7. The number of hydrogen-bond donors (Lipinski definition) is 0. The molecule has 0 radical (unpaired) electrons. The summed E-state index contributed by atoms with van der Waals surface area (Å²) in [4.78, 5) is 12.2. The second kappa shape index (κ2) is 10.1. The molecule has 0 N–H and O–H groups in total. The molecule has 0 spiro atoms. The van der Waals surface area contributed by atoms with E-state index in [9.17, 15) is 4.79 Å². The van der Waals surface area contributed by atoms with Crippen molar-refractivity contribution < 1.29 is 9.53 Å². The molecule has 4 fully saturated rings. The number of ether oxygens (including phenoxy) is 1. The summed E-state index contributed by atoms with van der Waals surface area (Å²) in [7, 11) is 0. The third-order valence-corrected chi connectivity index (χ3v) is 12.5. The summed E-state index contributed by atoms with van der Waals surface area (Å²) in [5, 5.41) is 0. The molecule has 0 aromatic carbocycles. The lowest BCUT2D eigenvalue weighted by atomic mass is 9.43. The molecule has 11 atom stereocenters. The summed E-state index contributed by atoms with van der Waals surface area (Å²) in [5.74, 6) is 6.94. The van der Waals surface area contributed by atoms with Gasteiger partial charge in [0.15, 0.2) is 0 Å². The molecule has 4 aliphatic carbocycles. The highest BCUT2D eigenvalue weighted by molar-refractivity contribution is 5.66. The molecule has 3 unspecified atom stereocenters. The summed E-state index contributed by atoms with van der Waals surface area (Å²) in [6, 6.07) is 0. The zero-order valence-electron chi connectivity index (χ0n) is 23.9. The van der Waals surface area contributed by atoms with Crippen LogP contribution in [0.1, 0.15) is 126 Å². The van der Waals surface area contributed by atoms with Crippen molar-refractivity contribution in [3.8, 4) is 0 Å². The Hall–Kier alpha value is -0.530. The van der Waals surface area contributed by atoms with Gasteiger partial charge in [-0.1, -0.05) is 67.7 Å². The average molecular weight is 473 g/mol. The first kappa shape index (κ1) is 26.5. The minimum atomic E-state index is -0.0503. The topological polar surface area (TPSA) is 26.3 Å². The Morgan fingerprint density at radius 3 is 2.26 bits per heavy atom. The van der Waals surface area contributed by atoms with Crippen LogP contribution in [0, 0.1) is 64.1 Å². The highest BCUT2D eigenvalue weighted by Gasteiger charge is 2.63. The Morgan fingerprint density at radius 2 is 1.62 bits per heavy atom. The van der Waals surface area contributed by atoms with E-state index < -0.39 is 0 Å². The van der Waals surface area contributed by atoms with Gasteiger partial charge in [-0.05, 0) is 110 Å². The quantitative estimate of drug-likeness (QED) is 0.346. The summed E-state index contributed by atoms with van der Waals surface area (Å²) in [6.07, 6.45) is 15.1. The molecule has 4 rings (SSSR count). The predicted octanol–water partition coefficient (Wildman–Crippen LogP) is 8.92. The predicted molar refractivity (Wildman–Crippen MR) is 142 cm³/mol. The van der Waals surface area contributed by atoms with Gasteiger partial charge in [0.25, 0.3) is 0 Å². The molecule has 196 valence electrons. The van der Waals surface area contributed by atoms with E-state index in [1.807, 2.05) is 0 Å². The molecule has 0 heterocycles. The van der Waals surface area contributed by atoms with E-state index in [1.165, 1.54) is 64.2 Å². The number of rotatable bonds is 7. The van der Waals surface area contributed by atoms with Crippen molar-refractivity contribution in [3.63, 3.8) is 0 Å². The van der Waals surface area contributed by atoms with Crippen LogP contribution < -0.4 is 0 Å². The van der Waals surface area contributed by atoms with Gasteiger partial charge in [0.2, 0.25) is 0 Å². The van der Waals surface area contributed by atoms with Gasteiger partial charge in [0.05, 0.1) is 0 Å². The van der Waals surface area contributed by atoms with Crippen LogP contribution in [0.15, 0.2) is 0 Å². The lowest BCUT2D eigenvalue weighted by Crippen LogP contribution is -2.59. The number of carbonyl (C=O) groups excluding carboxylic acids is 1. The second-order valence-corrected chi connectivity index (χ2v) is 14.5. The van der Waals surface area contributed by atoms with Gasteiger partial charge >= 0.3 is 5.97 Å². The Bertz CT molecular complexity index is 714. The fourth-order valence-corrected chi connectivity index (χ4v) is 10.4. The molecule has 2 heteroatoms. The van der Waals surface area contributed by atoms with E-state index >= 15 is 0 Å². The van der Waals surface area contributed by atoms with Crippen LogP contribution >= 0.6 is 0 Å². The first-order valence-electron chi connectivity index (χ1n) is 15.2. The number of hydrogen-bond acceptors (Lipinski definition) is 2. The second-order valence-electron chi connectivity index (χ2n) is 14.5. The molecule has 2 nitrogen and oxygen atoms in total. The summed E-state index contributed by atoms with van der Waals surface area (Å²) in [6.45, 7) is 19.1. The molecule has 4 aliphatic rings. The first-order valence-corrected chi connectivity index (χ1v) is 15.2. The summed E-state index contributed by atoms with van der Waals surface area (Å²) >= 11 is 0. The van der Waals surface area contributed by atoms with Gasteiger partial charge in [-0.15, -0.1) is 0 Å². The zero-order valence-corrected chi connectivity index (χ0v) is 23.9. The van der Waals surface area contributed by atoms with Crippen molar-refractivity contribution in [3.05, 3.63) is 0 Å². The summed E-state index contributed by atoms with van der Waals surface area (Å²) < 4.78 is 6.22. The van der Waals surface area contributed by atoms with Crippen LogP contribution in [0.4, 0.5) is 0 Å². The van der Waals surface area contributed by atoms with Crippen molar-refractivity contribution in [1.29, 1.82) is 0 Å². The maximum atomic E-state index is 12.2. The van der Waals surface area contributed by atoms with E-state index in [-0.39, 0.29) is 12.1 Å². The van der Waals surface area contributed by atoms with Crippen molar-refractivity contribution in [2.75, 3.05) is 0 Å². The molecule has 4 saturated carbocycles. The van der Waals surface area contributed by atoms with E-state index in [1.54, 1.807) is 6.92 Å². The van der Waals surface area contributed by atoms with Gasteiger partial charge in [0.1, 0.15) is 6.10 Å². The van der Waals surface area contributed by atoms with E-state index in [0.29, 0.717) is 16.7 Å². The van der Waals surface area contributed by atoms with Crippen LogP contribution in [0.3, 0.4) is 0 Å². The monoisotopic (exact) mass is 472 g/mol. The smallest absolute Gasteiger partial charge is 0.302 e. The Morgan fingerprint density at radius 1 is 0.941 bits per heavy atom. The van der Waals surface area contributed by atoms with Crippen LogP contribution in [0.5, 0.6) is 0 Å². The zero-order chi connectivity index (χ0) is 24.8. The molecule has 0 amide bonds. The maximum absolute atomic E-state index is 12.2. The molecule has 0 aliphatic heterocycles. The van der Waals surface area contributed by atoms with E-state index in [2.05, 4.69) is 48.5 Å². The lowest BCUT2D eigenvalue weighted by Gasteiger charge is -2.63. The van der Waals surface area contributed by atoms with Crippen molar-refractivity contribution in [1.82, 2.24) is 0 Å². The van der Waals surface area contributed by atoms with E-state index in [4.69, 9.17) is 4.74 Å². The SMILES string of the molecule is CC[C@H](CC[C@@H](C)[C@H]1CCC2[C@@H]3C(OC(C)=O)C[C@@H]4C[C@@H](C)CC[C@]4(C)C3CC[C@@]21C)C(C)C. The van der Waals surface area contributed by atoms with Crippen LogP contribution in [-0.2, 0) is 9.53 Å². The van der Waals surface area contributed by atoms with Crippen molar-refractivity contribution in [2.45, 2.75) is 132 Å². The molecular weight excluding hydrogens is 416 g/mol. The third-order valence-electron chi connectivity index (χ3n) is 12.5. The Balaban J connectivity index is 1.55. The van der Waals surface area contributed by atoms with Gasteiger partial charge in [-0.3, -0.25) is 4.79 Å². The van der Waals surface area contributed by atoms with Crippen LogP contribution in [0.2, 0.25) is 0 Å². The first-order chi connectivity index (χ1) is 16.0. The van der Waals surface area contributed by atoms with Gasteiger partial charge in [0, 0.05) is 12.8 Å². The molecule has 0 aromatic heterocycles. The summed E-state index contributed by atoms with van der Waals surface area (Å²) in [5.41, 5.74) is 0.897. The Kier molecular flexibility index (Phi) is 7.87. The minimum absolute atomic E-state index is 0.0503. The largest absolute Gasteiger partial charge is 0.462 e. The van der Waals surface area contributed by atoms with Gasteiger partial charge in [-0.2, -0.15) is 0 Å².